The van der Waals surface area contributed by atoms with E-state index in [4.69, 9.17) is 0 Å². The molecule has 0 radical (unpaired) electrons. The van der Waals surface area contributed by atoms with Gasteiger partial charge in [-0.1, -0.05) is 74.4 Å². The van der Waals surface area contributed by atoms with Crippen molar-refractivity contribution in [2.24, 2.45) is 0 Å². The highest BCUT2D eigenvalue weighted by Crippen LogP contribution is 2.27. The van der Waals surface area contributed by atoms with E-state index in [2.05, 4.69) is 69.3 Å². The van der Waals surface area contributed by atoms with Crippen LogP contribution in [0.25, 0.3) is 11.1 Å². The molecule has 2 rings (SSSR count). The van der Waals surface area contributed by atoms with Gasteiger partial charge in [0.1, 0.15) is 0 Å². The van der Waals surface area contributed by atoms with Crippen LogP contribution in [0.1, 0.15) is 50.2 Å². The highest BCUT2D eigenvalue weighted by Gasteiger charge is 2.08. The molecule has 1 unspecified atom stereocenters. The summed E-state index contributed by atoms with van der Waals surface area (Å²) in [6.07, 6.45) is 3.79. The quantitative estimate of drug-likeness (QED) is 0.616. The zero-order valence-electron chi connectivity index (χ0n) is 12.3. The molecule has 2 aromatic rings. The average Bonchev–Trinajstić information content (AvgIpc) is 2.46. The van der Waals surface area contributed by atoms with Gasteiger partial charge in [0.2, 0.25) is 0 Å². The minimum absolute atomic E-state index is 0.720. The van der Waals surface area contributed by atoms with Gasteiger partial charge in [-0.2, -0.15) is 0 Å². The summed E-state index contributed by atoms with van der Waals surface area (Å²) < 4.78 is 0. The summed E-state index contributed by atoms with van der Waals surface area (Å²) >= 11 is 0. The van der Waals surface area contributed by atoms with Gasteiger partial charge in [0.25, 0.3) is 0 Å². The van der Waals surface area contributed by atoms with Crippen molar-refractivity contribution in [3.63, 3.8) is 0 Å². The van der Waals surface area contributed by atoms with Gasteiger partial charge < -0.3 is 0 Å². The van der Waals surface area contributed by atoms with Crippen molar-refractivity contribution in [1.82, 2.24) is 0 Å². The van der Waals surface area contributed by atoms with Gasteiger partial charge in [-0.15, -0.1) is 0 Å². The van der Waals surface area contributed by atoms with Crippen LogP contribution >= 0.6 is 0 Å². The van der Waals surface area contributed by atoms with Crippen molar-refractivity contribution in [3.05, 3.63) is 59.7 Å². The van der Waals surface area contributed by atoms with Crippen LogP contribution in [0.4, 0.5) is 0 Å². The van der Waals surface area contributed by atoms with Crippen LogP contribution in [0.3, 0.4) is 0 Å². The monoisotopic (exact) mass is 252 g/mol. The molecule has 0 aliphatic heterocycles. The van der Waals surface area contributed by atoms with E-state index in [1.165, 1.54) is 41.5 Å². The van der Waals surface area contributed by atoms with Gasteiger partial charge in [-0.05, 0) is 42.4 Å². The van der Waals surface area contributed by atoms with Crippen molar-refractivity contribution >= 4 is 0 Å². The topological polar surface area (TPSA) is 0 Å². The first-order chi connectivity index (χ1) is 9.24. The first kappa shape index (κ1) is 13.9. The molecule has 0 fully saturated rings. The Morgan fingerprint density at radius 2 is 1.32 bits per heavy atom. The third kappa shape index (κ3) is 3.47. The van der Waals surface area contributed by atoms with Crippen LogP contribution in [-0.4, -0.2) is 0 Å². The van der Waals surface area contributed by atoms with E-state index in [0.29, 0.717) is 0 Å². The normalized spacial score (nSPS) is 12.4. The zero-order chi connectivity index (χ0) is 13.7. The van der Waals surface area contributed by atoms with Gasteiger partial charge in [0.15, 0.2) is 0 Å². The molecule has 0 heteroatoms. The predicted octanol–water partition coefficient (Wildman–Crippen LogP) is 5.96. The van der Waals surface area contributed by atoms with E-state index >= 15 is 0 Å². The molecular formula is C19H24. The smallest absolute Gasteiger partial charge is 0.0165 e. The van der Waals surface area contributed by atoms with Crippen molar-refractivity contribution in [2.45, 2.75) is 46.0 Å². The summed E-state index contributed by atoms with van der Waals surface area (Å²) in [5, 5.41) is 0. The first-order valence-corrected chi connectivity index (χ1v) is 7.41. The molecule has 0 aliphatic carbocycles. The molecule has 2 aromatic carbocycles. The lowest BCUT2D eigenvalue weighted by atomic mass is 9.91. The van der Waals surface area contributed by atoms with Crippen molar-refractivity contribution in [2.75, 3.05) is 0 Å². The molecule has 0 bridgehead atoms. The molecule has 0 spiro atoms. The standard InChI is InChI=1S/C19H24/c1-4-6-16(5-2)17-11-13-19(14-12-17)18-9-7-15(3)8-10-18/h7-14,16H,4-6H2,1-3H3. The highest BCUT2D eigenvalue weighted by atomic mass is 14.1. The van der Waals surface area contributed by atoms with Gasteiger partial charge in [-0.25, -0.2) is 0 Å². The summed E-state index contributed by atoms with van der Waals surface area (Å²) in [4.78, 5) is 0. The van der Waals surface area contributed by atoms with E-state index < -0.39 is 0 Å². The average molecular weight is 252 g/mol. The van der Waals surface area contributed by atoms with Crippen LogP contribution in [0.5, 0.6) is 0 Å². The Bertz CT molecular complexity index is 491. The van der Waals surface area contributed by atoms with Crippen LogP contribution in [0.15, 0.2) is 48.5 Å². The lowest BCUT2D eigenvalue weighted by Gasteiger charge is -2.14. The molecule has 100 valence electrons. The molecular weight excluding hydrogens is 228 g/mol. The van der Waals surface area contributed by atoms with E-state index in [0.717, 1.165) is 5.92 Å². The van der Waals surface area contributed by atoms with Crippen LogP contribution < -0.4 is 0 Å². The SMILES string of the molecule is CCCC(CC)c1ccc(-c2ccc(C)cc2)cc1. The lowest BCUT2D eigenvalue weighted by Crippen LogP contribution is -1.96. The maximum Gasteiger partial charge on any atom is -0.0165 e. The Balaban J connectivity index is 2.20. The molecule has 0 nitrogen and oxygen atoms in total. The third-order valence-electron chi connectivity index (χ3n) is 3.90. The van der Waals surface area contributed by atoms with Crippen LogP contribution in [0.2, 0.25) is 0 Å². The lowest BCUT2D eigenvalue weighted by molar-refractivity contribution is 0.596. The Morgan fingerprint density at radius 3 is 1.79 bits per heavy atom. The highest BCUT2D eigenvalue weighted by molar-refractivity contribution is 5.64. The fraction of sp³-hybridized carbons (Fsp3) is 0.368. The summed E-state index contributed by atoms with van der Waals surface area (Å²) in [6.45, 7) is 6.68. The molecule has 1 atom stereocenters. The van der Waals surface area contributed by atoms with Gasteiger partial charge >= 0.3 is 0 Å². The minimum Gasteiger partial charge on any atom is -0.0654 e. The molecule has 0 amide bonds. The summed E-state index contributed by atoms with van der Waals surface area (Å²) in [5.74, 6) is 0.720. The summed E-state index contributed by atoms with van der Waals surface area (Å²) in [5.41, 5.74) is 5.42. The summed E-state index contributed by atoms with van der Waals surface area (Å²) in [6, 6.07) is 17.9. The van der Waals surface area contributed by atoms with Gasteiger partial charge in [0, 0.05) is 0 Å². The van der Waals surface area contributed by atoms with Crippen molar-refractivity contribution in [1.29, 1.82) is 0 Å². The van der Waals surface area contributed by atoms with E-state index in [-0.39, 0.29) is 0 Å². The minimum atomic E-state index is 0.720. The second-order valence-electron chi connectivity index (χ2n) is 5.38. The number of hydrogen-bond donors (Lipinski definition) is 0. The molecule has 0 saturated heterocycles. The maximum atomic E-state index is 2.30. The predicted molar refractivity (Wildman–Crippen MR) is 84.6 cm³/mol. The second kappa shape index (κ2) is 6.56. The Morgan fingerprint density at radius 1 is 0.789 bits per heavy atom. The van der Waals surface area contributed by atoms with E-state index in [9.17, 15) is 0 Å². The van der Waals surface area contributed by atoms with Crippen LogP contribution in [-0.2, 0) is 0 Å². The number of aryl methyl sites for hydroxylation is 1. The molecule has 0 saturated carbocycles. The van der Waals surface area contributed by atoms with Crippen LogP contribution in [0, 0.1) is 6.92 Å². The maximum absolute atomic E-state index is 2.30. The number of hydrogen-bond acceptors (Lipinski definition) is 0. The molecule has 0 aromatic heterocycles. The summed E-state index contributed by atoms with van der Waals surface area (Å²) in [7, 11) is 0. The number of benzene rings is 2. The van der Waals surface area contributed by atoms with Gasteiger partial charge in [-0.3, -0.25) is 0 Å². The molecule has 19 heavy (non-hydrogen) atoms. The Labute approximate surface area is 117 Å². The molecule has 0 heterocycles. The third-order valence-corrected chi connectivity index (χ3v) is 3.90. The van der Waals surface area contributed by atoms with Crippen molar-refractivity contribution in [3.8, 4) is 11.1 Å². The Hall–Kier alpha value is -1.56. The fourth-order valence-electron chi connectivity index (χ4n) is 2.65. The first-order valence-electron chi connectivity index (χ1n) is 7.41. The van der Waals surface area contributed by atoms with E-state index in [1.807, 2.05) is 0 Å². The molecule has 0 aliphatic rings. The molecule has 0 N–H and O–H groups in total. The van der Waals surface area contributed by atoms with Crippen molar-refractivity contribution < 1.29 is 0 Å². The fourth-order valence-corrected chi connectivity index (χ4v) is 2.65. The van der Waals surface area contributed by atoms with Gasteiger partial charge in [0.05, 0.1) is 0 Å². The van der Waals surface area contributed by atoms with E-state index in [1.54, 1.807) is 0 Å². The number of rotatable bonds is 5. The second-order valence-corrected chi connectivity index (χ2v) is 5.38. The Kier molecular flexibility index (Phi) is 4.79. The zero-order valence-corrected chi connectivity index (χ0v) is 12.3. The largest absolute Gasteiger partial charge is 0.0654 e.